The second kappa shape index (κ2) is 9.83. The molecule has 2 heterocycles. The fourth-order valence-corrected chi connectivity index (χ4v) is 2.27. The van der Waals surface area contributed by atoms with E-state index in [9.17, 15) is 14.4 Å². The van der Waals surface area contributed by atoms with Crippen molar-refractivity contribution in [2.24, 2.45) is 7.05 Å². The Hall–Kier alpha value is -2.35. The van der Waals surface area contributed by atoms with Crippen LogP contribution in [0.4, 0.5) is 4.79 Å². The fourth-order valence-electron chi connectivity index (χ4n) is 2.27. The van der Waals surface area contributed by atoms with Crippen LogP contribution in [0.25, 0.3) is 0 Å². The molecule has 1 saturated heterocycles. The summed E-state index contributed by atoms with van der Waals surface area (Å²) in [6.45, 7) is 2.62. The normalized spacial score (nSPS) is 16.8. The summed E-state index contributed by atoms with van der Waals surface area (Å²) in [6, 6.07) is 3.21. The molecule has 140 valence electrons. The minimum Gasteiger partial charge on any atom is -0.464 e. The smallest absolute Gasteiger partial charge is 0.354 e. The highest BCUT2D eigenvalue weighted by atomic mass is 16.5. The molecule has 8 nitrogen and oxygen atoms in total. The van der Waals surface area contributed by atoms with Gasteiger partial charge in [0, 0.05) is 33.9 Å². The number of methoxy groups -OCH3 is 1. The zero-order valence-corrected chi connectivity index (χ0v) is 15.5. The number of carbonyl (C=O) groups is 3. The van der Waals surface area contributed by atoms with Crippen molar-refractivity contribution in [3.63, 3.8) is 0 Å². The quantitative estimate of drug-likeness (QED) is 0.443. The van der Waals surface area contributed by atoms with Crippen molar-refractivity contribution >= 4 is 17.9 Å². The SMILES string of the molecule is CCCCCOC1C(=O)N(C)C(=O)N1C.COC(=O)c1cccn1C. The Labute approximate surface area is 148 Å². The molecule has 1 aliphatic heterocycles. The Morgan fingerprint density at radius 3 is 2.32 bits per heavy atom. The van der Waals surface area contributed by atoms with E-state index in [-0.39, 0.29) is 17.9 Å². The molecule has 1 unspecified atom stereocenters. The van der Waals surface area contributed by atoms with E-state index in [1.807, 2.05) is 0 Å². The molecule has 0 aliphatic carbocycles. The van der Waals surface area contributed by atoms with Gasteiger partial charge in [-0.15, -0.1) is 0 Å². The van der Waals surface area contributed by atoms with Gasteiger partial charge < -0.3 is 14.0 Å². The van der Waals surface area contributed by atoms with Gasteiger partial charge in [-0.05, 0) is 18.6 Å². The number of rotatable bonds is 6. The molecule has 1 aliphatic rings. The van der Waals surface area contributed by atoms with Gasteiger partial charge in [0.05, 0.1) is 7.11 Å². The standard InChI is InChI=1S/C10H18N2O3.C7H9NO2/c1-4-5-6-7-15-9-8(13)11(2)10(14)12(9)3;1-8-5-3-4-6(8)7(9)10-2/h9H,4-7H2,1-3H3;3-5H,1-2H3. The van der Waals surface area contributed by atoms with Crippen molar-refractivity contribution in [1.29, 1.82) is 0 Å². The number of hydrogen-bond acceptors (Lipinski definition) is 5. The lowest BCUT2D eigenvalue weighted by atomic mass is 10.3. The first-order valence-electron chi connectivity index (χ1n) is 8.20. The van der Waals surface area contributed by atoms with Gasteiger partial charge in [0.15, 0.2) is 0 Å². The largest absolute Gasteiger partial charge is 0.464 e. The molecule has 3 amide bonds. The molecule has 0 saturated carbocycles. The zero-order chi connectivity index (χ0) is 19.0. The second-order valence-corrected chi connectivity index (χ2v) is 5.72. The summed E-state index contributed by atoms with van der Waals surface area (Å²) < 4.78 is 11.6. The maximum absolute atomic E-state index is 11.5. The monoisotopic (exact) mass is 353 g/mol. The van der Waals surface area contributed by atoms with E-state index < -0.39 is 6.23 Å². The first-order chi connectivity index (χ1) is 11.8. The number of imide groups is 1. The summed E-state index contributed by atoms with van der Waals surface area (Å²) in [6.07, 6.45) is 4.18. The van der Waals surface area contributed by atoms with Crippen LogP contribution in [-0.4, -0.2) is 66.3 Å². The van der Waals surface area contributed by atoms with E-state index >= 15 is 0 Å². The maximum atomic E-state index is 11.5. The Morgan fingerprint density at radius 1 is 1.20 bits per heavy atom. The first-order valence-corrected chi connectivity index (χ1v) is 8.20. The van der Waals surface area contributed by atoms with Crippen molar-refractivity contribution in [2.75, 3.05) is 27.8 Å². The third-order valence-corrected chi connectivity index (χ3v) is 3.84. The molecule has 0 N–H and O–H groups in total. The lowest BCUT2D eigenvalue weighted by Gasteiger charge is -2.16. The van der Waals surface area contributed by atoms with Gasteiger partial charge in [0.1, 0.15) is 5.69 Å². The minimum atomic E-state index is -0.723. The van der Waals surface area contributed by atoms with Crippen molar-refractivity contribution in [1.82, 2.24) is 14.4 Å². The summed E-state index contributed by atoms with van der Waals surface area (Å²) >= 11 is 0. The zero-order valence-electron chi connectivity index (χ0n) is 15.5. The highest BCUT2D eigenvalue weighted by Crippen LogP contribution is 2.15. The second-order valence-electron chi connectivity index (χ2n) is 5.72. The number of likely N-dealkylation sites (N-methyl/N-ethyl adjacent to an activating group) is 2. The molecule has 1 aromatic heterocycles. The molecule has 2 rings (SSSR count). The summed E-state index contributed by atoms with van der Waals surface area (Å²) in [7, 11) is 6.21. The number of aromatic nitrogens is 1. The van der Waals surface area contributed by atoms with Crippen molar-refractivity contribution in [3.05, 3.63) is 24.0 Å². The number of carbonyl (C=O) groups excluding carboxylic acids is 3. The van der Waals surface area contributed by atoms with Crippen LogP contribution in [0.5, 0.6) is 0 Å². The minimum absolute atomic E-state index is 0.279. The van der Waals surface area contributed by atoms with Crippen LogP contribution >= 0.6 is 0 Å². The maximum Gasteiger partial charge on any atom is 0.354 e. The van der Waals surface area contributed by atoms with Gasteiger partial charge in [-0.25, -0.2) is 9.59 Å². The van der Waals surface area contributed by atoms with E-state index in [1.54, 1.807) is 37.0 Å². The first kappa shape index (κ1) is 20.7. The van der Waals surface area contributed by atoms with Gasteiger partial charge in [-0.1, -0.05) is 19.8 Å². The predicted octanol–water partition coefficient (Wildman–Crippen LogP) is 1.85. The number of esters is 1. The lowest BCUT2D eigenvalue weighted by Crippen LogP contribution is -2.34. The fraction of sp³-hybridized carbons (Fsp3) is 0.588. The van der Waals surface area contributed by atoms with E-state index in [4.69, 9.17) is 4.74 Å². The molecular formula is C17H27N3O5. The third kappa shape index (κ3) is 5.32. The number of aryl methyl sites for hydroxylation is 1. The van der Waals surface area contributed by atoms with E-state index in [1.165, 1.54) is 19.1 Å². The van der Waals surface area contributed by atoms with Gasteiger partial charge in [-0.2, -0.15) is 0 Å². The number of amides is 3. The molecule has 0 spiro atoms. The average Bonchev–Trinajstić information content (AvgIpc) is 3.11. The summed E-state index contributed by atoms with van der Waals surface area (Å²) in [5.74, 6) is -0.577. The number of hydrogen-bond donors (Lipinski definition) is 0. The van der Waals surface area contributed by atoms with Crippen LogP contribution in [-0.2, 0) is 21.3 Å². The third-order valence-electron chi connectivity index (χ3n) is 3.84. The van der Waals surface area contributed by atoms with Crippen LogP contribution < -0.4 is 0 Å². The summed E-state index contributed by atoms with van der Waals surface area (Å²) in [4.78, 5) is 36.2. The Morgan fingerprint density at radius 2 is 1.88 bits per heavy atom. The Balaban J connectivity index is 0.000000271. The highest BCUT2D eigenvalue weighted by Gasteiger charge is 2.41. The van der Waals surface area contributed by atoms with Gasteiger partial charge in [0.2, 0.25) is 6.23 Å². The number of nitrogens with zero attached hydrogens (tertiary/aromatic N) is 3. The molecular weight excluding hydrogens is 326 g/mol. The molecule has 0 aromatic carbocycles. The van der Waals surface area contributed by atoms with Gasteiger partial charge in [0.25, 0.3) is 5.91 Å². The topological polar surface area (TPSA) is 81.1 Å². The van der Waals surface area contributed by atoms with Crippen LogP contribution in [0.3, 0.4) is 0 Å². The average molecular weight is 353 g/mol. The predicted molar refractivity (Wildman–Crippen MR) is 91.9 cm³/mol. The molecule has 0 radical (unpaired) electrons. The van der Waals surface area contributed by atoms with E-state index in [2.05, 4.69) is 11.7 Å². The van der Waals surface area contributed by atoms with Crippen molar-refractivity contribution < 1.29 is 23.9 Å². The molecule has 8 heteroatoms. The summed E-state index contributed by atoms with van der Waals surface area (Å²) in [5, 5.41) is 0. The van der Waals surface area contributed by atoms with Crippen LogP contribution in [0.1, 0.15) is 36.7 Å². The Bertz CT molecular complexity index is 599. The molecule has 1 atom stereocenters. The Kier molecular flexibility index (Phi) is 8.13. The molecule has 1 fully saturated rings. The van der Waals surface area contributed by atoms with E-state index in [0.717, 1.165) is 24.2 Å². The number of ether oxygens (including phenoxy) is 2. The molecule has 1 aromatic rings. The molecule has 25 heavy (non-hydrogen) atoms. The lowest BCUT2D eigenvalue weighted by molar-refractivity contribution is -0.140. The van der Waals surface area contributed by atoms with Crippen LogP contribution in [0.2, 0.25) is 0 Å². The van der Waals surface area contributed by atoms with Gasteiger partial charge in [-0.3, -0.25) is 14.6 Å². The van der Waals surface area contributed by atoms with Gasteiger partial charge >= 0.3 is 12.0 Å². The number of unbranched alkanes of at least 4 members (excludes halogenated alkanes) is 2. The summed E-state index contributed by atoms with van der Waals surface area (Å²) in [5.41, 5.74) is 0.572. The van der Waals surface area contributed by atoms with Crippen LogP contribution in [0, 0.1) is 0 Å². The van der Waals surface area contributed by atoms with Crippen molar-refractivity contribution in [2.45, 2.75) is 32.4 Å². The van der Waals surface area contributed by atoms with E-state index in [0.29, 0.717) is 12.3 Å². The molecule has 0 bridgehead atoms. The van der Waals surface area contributed by atoms with Crippen LogP contribution in [0.15, 0.2) is 18.3 Å². The van der Waals surface area contributed by atoms with Crippen molar-refractivity contribution in [3.8, 4) is 0 Å². The number of urea groups is 1. The highest BCUT2D eigenvalue weighted by molar-refractivity contribution is 6.02.